The number of rotatable bonds is 3. The minimum absolute atomic E-state index is 0.0107. The monoisotopic (exact) mass is 327 g/mol. The number of hydrogen-bond acceptors (Lipinski definition) is 1. The normalized spacial score (nSPS) is 10.8. The molecule has 0 atom stereocenters. The summed E-state index contributed by atoms with van der Waals surface area (Å²) in [4.78, 5) is 12.5. The Hall–Kier alpha value is -1.87. The summed E-state index contributed by atoms with van der Waals surface area (Å²) in [6.45, 7) is 0. The molecule has 3 rings (SSSR count). The van der Waals surface area contributed by atoms with Crippen molar-refractivity contribution in [3.8, 4) is 0 Å². The van der Waals surface area contributed by atoms with E-state index in [4.69, 9.17) is 0 Å². The zero-order valence-corrected chi connectivity index (χ0v) is 12.5. The van der Waals surface area contributed by atoms with Crippen molar-refractivity contribution in [1.82, 2.24) is 4.57 Å². The van der Waals surface area contributed by atoms with Gasteiger partial charge in [0.15, 0.2) is 0 Å². The van der Waals surface area contributed by atoms with Gasteiger partial charge in [0.2, 0.25) is 0 Å². The van der Waals surface area contributed by atoms with Crippen LogP contribution in [0.4, 0.5) is 0 Å². The van der Waals surface area contributed by atoms with E-state index in [1.165, 1.54) is 5.56 Å². The van der Waals surface area contributed by atoms with E-state index in [1.54, 1.807) is 4.57 Å². The van der Waals surface area contributed by atoms with Crippen LogP contribution in [-0.4, -0.2) is 15.8 Å². The van der Waals surface area contributed by atoms with Crippen LogP contribution in [0.15, 0.2) is 60.8 Å². The summed E-state index contributed by atoms with van der Waals surface area (Å²) in [6.07, 6.45) is 2.82. The molecule has 0 unspecified atom stereocenters. The third-order valence-electron chi connectivity index (χ3n) is 3.43. The molecule has 0 aliphatic rings. The Bertz CT molecular complexity index is 746. The average molecular weight is 328 g/mol. The SMILES string of the molecule is O=C(c1ccccc1)n1ccc2c(CCBr)cccc21. The van der Waals surface area contributed by atoms with Gasteiger partial charge >= 0.3 is 0 Å². The van der Waals surface area contributed by atoms with Crippen molar-refractivity contribution in [2.24, 2.45) is 0 Å². The van der Waals surface area contributed by atoms with Crippen LogP contribution in [0.25, 0.3) is 10.9 Å². The van der Waals surface area contributed by atoms with Crippen LogP contribution in [-0.2, 0) is 6.42 Å². The lowest BCUT2D eigenvalue weighted by Crippen LogP contribution is -2.10. The quantitative estimate of drug-likeness (QED) is 0.658. The molecular formula is C17H14BrNO. The zero-order valence-electron chi connectivity index (χ0n) is 10.9. The fraction of sp³-hybridized carbons (Fsp3) is 0.118. The van der Waals surface area contributed by atoms with Crippen molar-refractivity contribution >= 4 is 32.7 Å². The molecule has 3 aromatic rings. The molecule has 0 N–H and O–H groups in total. The molecule has 0 bridgehead atoms. The molecule has 0 saturated carbocycles. The van der Waals surface area contributed by atoms with Crippen molar-refractivity contribution in [3.63, 3.8) is 0 Å². The van der Waals surface area contributed by atoms with E-state index >= 15 is 0 Å². The van der Waals surface area contributed by atoms with Crippen LogP contribution >= 0.6 is 15.9 Å². The molecule has 1 aromatic heterocycles. The molecule has 0 amide bonds. The van der Waals surface area contributed by atoms with Gasteiger partial charge in [-0.2, -0.15) is 0 Å². The topological polar surface area (TPSA) is 22.0 Å². The number of nitrogens with zero attached hydrogens (tertiary/aromatic N) is 1. The van der Waals surface area contributed by atoms with Gasteiger partial charge in [0, 0.05) is 22.5 Å². The first-order valence-corrected chi connectivity index (χ1v) is 7.68. The number of aromatic nitrogens is 1. The second-order valence-electron chi connectivity index (χ2n) is 4.65. The number of hydrogen-bond donors (Lipinski definition) is 0. The standard InChI is InChI=1S/C17H14BrNO/c18-11-9-13-7-4-8-16-15(13)10-12-19(16)17(20)14-5-2-1-3-6-14/h1-8,10,12H,9,11H2. The zero-order chi connectivity index (χ0) is 13.9. The molecule has 0 aliphatic carbocycles. The average Bonchev–Trinajstić information content (AvgIpc) is 2.93. The van der Waals surface area contributed by atoms with Gasteiger partial charge in [-0.25, -0.2) is 0 Å². The highest BCUT2D eigenvalue weighted by molar-refractivity contribution is 9.09. The molecule has 2 nitrogen and oxygen atoms in total. The number of halogens is 1. The number of fused-ring (bicyclic) bond motifs is 1. The smallest absolute Gasteiger partial charge is 0.262 e. The number of alkyl halides is 1. The van der Waals surface area contributed by atoms with Gasteiger partial charge in [-0.05, 0) is 36.2 Å². The highest BCUT2D eigenvalue weighted by atomic mass is 79.9. The van der Waals surface area contributed by atoms with Gasteiger partial charge in [-0.3, -0.25) is 9.36 Å². The maximum Gasteiger partial charge on any atom is 0.262 e. The van der Waals surface area contributed by atoms with Crippen molar-refractivity contribution in [2.45, 2.75) is 6.42 Å². The minimum atomic E-state index is 0.0107. The van der Waals surface area contributed by atoms with E-state index < -0.39 is 0 Å². The molecule has 20 heavy (non-hydrogen) atoms. The molecule has 3 heteroatoms. The predicted octanol–water partition coefficient (Wildman–Crippen LogP) is 4.27. The summed E-state index contributed by atoms with van der Waals surface area (Å²) < 4.78 is 1.72. The lowest BCUT2D eigenvalue weighted by molar-refractivity contribution is 0.0965. The number of carbonyl (C=O) groups is 1. The summed E-state index contributed by atoms with van der Waals surface area (Å²) in [7, 11) is 0. The van der Waals surface area contributed by atoms with E-state index in [1.807, 2.05) is 54.7 Å². The van der Waals surface area contributed by atoms with E-state index in [0.717, 1.165) is 22.7 Å². The second kappa shape index (κ2) is 5.63. The number of benzene rings is 2. The third kappa shape index (κ3) is 2.29. The maximum absolute atomic E-state index is 12.5. The lowest BCUT2D eigenvalue weighted by atomic mass is 10.1. The Kier molecular flexibility index (Phi) is 3.70. The molecule has 0 saturated heterocycles. The van der Waals surface area contributed by atoms with E-state index in [9.17, 15) is 4.79 Å². The summed E-state index contributed by atoms with van der Waals surface area (Å²) in [5.74, 6) is 0.0107. The number of aryl methyl sites for hydroxylation is 1. The Labute approximate surface area is 126 Å². The fourth-order valence-corrected chi connectivity index (χ4v) is 2.88. The van der Waals surface area contributed by atoms with Crippen LogP contribution in [0.3, 0.4) is 0 Å². The highest BCUT2D eigenvalue weighted by Crippen LogP contribution is 2.22. The van der Waals surface area contributed by atoms with Gasteiger partial charge in [0.25, 0.3) is 5.91 Å². The van der Waals surface area contributed by atoms with Crippen LogP contribution < -0.4 is 0 Å². The van der Waals surface area contributed by atoms with Crippen molar-refractivity contribution in [3.05, 3.63) is 71.9 Å². The minimum Gasteiger partial charge on any atom is -0.283 e. The van der Waals surface area contributed by atoms with Gasteiger partial charge in [-0.15, -0.1) is 0 Å². The van der Waals surface area contributed by atoms with E-state index in [-0.39, 0.29) is 5.91 Å². The Morgan fingerprint density at radius 2 is 1.80 bits per heavy atom. The first-order chi connectivity index (χ1) is 9.81. The lowest BCUT2D eigenvalue weighted by Gasteiger charge is -2.06. The molecular weight excluding hydrogens is 314 g/mol. The molecule has 0 spiro atoms. The van der Waals surface area contributed by atoms with Crippen LogP contribution in [0.2, 0.25) is 0 Å². The third-order valence-corrected chi connectivity index (χ3v) is 3.82. The van der Waals surface area contributed by atoms with Gasteiger partial charge in [-0.1, -0.05) is 46.3 Å². The second-order valence-corrected chi connectivity index (χ2v) is 5.44. The predicted molar refractivity (Wildman–Crippen MR) is 85.6 cm³/mol. The van der Waals surface area contributed by atoms with Crippen molar-refractivity contribution in [1.29, 1.82) is 0 Å². The Morgan fingerprint density at radius 1 is 1.00 bits per heavy atom. The summed E-state index contributed by atoms with van der Waals surface area (Å²) in [6, 6.07) is 17.5. The van der Waals surface area contributed by atoms with Crippen LogP contribution in [0.1, 0.15) is 15.9 Å². The summed E-state index contributed by atoms with van der Waals surface area (Å²) in [5, 5.41) is 2.07. The molecule has 0 fully saturated rings. The molecule has 2 aromatic carbocycles. The maximum atomic E-state index is 12.5. The highest BCUT2D eigenvalue weighted by Gasteiger charge is 2.12. The van der Waals surface area contributed by atoms with Gasteiger partial charge in [0.05, 0.1) is 5.52 Å². The van der Waals surface area contributed by atoms with Gasteiger partial charge < -0.3 is 0 Å². The largest absolute Gasteiger partial charge is 0.283 e. The first-order valence-electron chi connectivity index (χ1n) is 6.56. The summed E-state index contributed by atoms with van der Waals surface area (Å²) >= 11 is 3.47. The molecule has 100 valence electrons. The molecule has 0 aliphatic heterocycles. The Balaban J connectivity index is 2.09. The Morgan fingerprint density at radius 3 is 2.55 bits per heavy atom. The molecule has 1 heterocycles. The number of carbonyl (C=O) groups excluding carboxylic acids is 1. The molecule has 0 radical (unpaired) electrons. The van der Waals surface area contributed by atoms with Crippen LogP contribution in [0.5, 0.6) is 0 Å². The first kappa shape index (κ1) is 13.1. The summed E-state index contributed by atoms with van der Waals surface area (Å²) in [5.41, 5.74) is 2.94. The van der Waals surface area contributed by atoms with E-state index in [0.29, 0.717) is 5.56 Å². The van der Waals surface area contributed by atoms with Crippen molar-refractivity contribution < 1.29 is 4.79 Å². The van der Waals surface area contributed by atoms with Gasteiger partial charge in [0.1, 0.15) is 0 Å². The van der Waals surface area contributed by atoms with Crippen molar-refractivity contribution in [2.75, 3.05) is 5.33 Å². The fourth-order valence-electron chi connectivity index (χ4n) is 2.45. The van der Waals surface area contributed by atoms with E-state index in [2.05, 4.69) is 22.0 Å². The van der Waals surface area contributed by atoms with Crippen LogP contribution in [0, 0.1) is 0 Å².